The lowest BCUT2D eigenvalue weighted by atomic mass is 9.95. The minimum Gasteiger partial charge on any atom is -0.481 e. The van der Waals surface area contributed by atoms with Gasteiger partial charge in [-0.05, 0) is 24.1 Å². The molecule has 1 aliphatic carbocycles. The quantitative estimate of drug-likeness (QED) is 0.867. The fourth-order valence-electron chi connectivity index (χ4n) is 2.04. The second-order valence-electron chi connectivity index (χ2n) is 4.11. The SMILES string of the molecule is CC1(c2c(Cl)cccc2Cl)CC1C(=O)O. The maximum absolute atomic E-state index is 10.9. The Kier molecular flexibility index (Phi) is 2.44. The molecule has 0 heterocycles. The first-order valence-corrected chi connectivity index (χ1v) is 5.39. The maximum Gasteiger partial charge on any atom is 0.307 e. The molecule has 1 aromatic carbocycles. The lowest BCUT2D eigenvalue weighted by molar-refractivity contribution is -0.138. The van der Waals surface area contributed by atoms with Crippen molar-refractivity contribution >= 4 is 29.2 Å². The number of hydrogen-bond donors (Lipinski definition) is 1. The molecule has 2 rings (SSSR count). The summed E-state index contributed by atoms with van der Waals surface area (Å²) in [6.07, 6.45) is 0.603. The highest BCUT2D eigenvalue weighted by Gasteiger charge is 2.57. The van der Waals surface area contributed by atoms with Gasteiger partial charge in [0, 0.05) is 15.5 Å². The summed E-state index contributed by atoms with van der Waals surface area (Å²) in [7, 11) is 0. The molecule has 80 valence electrons. The molecular formula is C11H10Cl2O2. The van der Waals surface area contributed by atoms with Crippen molar-refractivity contribution in [2.24, 2.45) is 5.92 Å². The normalized spacial score (nSPS) is 28.9. The largest absolute Gasteiger partial charge is 0.481 e. The summed E-state index contributed by atoms with van der Waals surface area (Å²) in [4.78, 5) is 10.9. The third kappa shape index (κ3) is 1.62. The van der Waals surface area contributed by atoms with Crippen LogP contribution in [0.5, 0.6) is 0 Å². The average molecular weight is 245 g/mol. The molecule has 0 bridgehead atoms. The van der Waals surface area contributed by atoms with Crippen molar-refractivity contribution in [3.8, 4) is 0 Å². The van der Waals surface area contributed by atoms with E-state index in [-0.39, 0.29) is 5.92 Å². The zero-order chi connectivity index (χ0) is 11.2. The van der Waals surface area contributed by atoms with Crippen LogP contribution >= 0.6 is 23.2 Å². The van der Waals surface area contributed by atoms with Crippen LogP contribution in [0.15, 0.2) is 18.2 Å². The summed E-state index contributed by atoms with van der Waals surface area (Å²) in [5.41, 5.74) is 0.363. The van der Waals surface area contributed by atoms with E-state index in [2.05, 4.69) is 0 Å². The second-order valence-corrected chi connectivity index (χ2v) is 4.92. The maximum atomic E-state index is 10.9. The summed E-state index contributed by atoms with van der Waals surface area (Å²) in [6.45, 7) is 1.89. The van der Waals surface area contributed by atoms with Crippen LogP contribution in [0.4, 0.5) is 0 Å². The minimum atomic E-state index is -0.784. The molecule has 1 aromatic rings. The molecule has 0 aliphatic heterocycles. The topological polar surface area (TPSA) is 37.3 Å². The molecule has 1 aliphatic rings. The number of benzene rings is 1. The van der Waals surface area contributed by atoms with E-state index in [1.165, 1.54) is 0 Å². The van der Waals surface area contributed by atoms with E-state index in [1.807, 2.05) is 6.92 Å². The first-order valence-electron chi connectivity index (χ1n) is 4.64. The third-order valence-corrected chi connectivity index (χ3v) is 3.70. The molecule has 1 N–H and O–H groups in total. The van der Waals surface area contributed by atoms with Gasteiger partial charge in [0.15, 0.2) is 0 Å². The standard InChI is InChI=1S/C11H10Cl2O2/c1-11(5-6(11)10(14)15)9-7(12)3-2-4-8(9)13/h2-4,6H,5H2,1H3,(H,14,15). The highest BCUT2D eigenvalue weighted by Crippen LogP contribution is 2.57. The number of carboxylic acids is 1. The van der Waals surface area contributed by atoms with E-state index in [9.17, 15) is 4.79 Å². The van der Waals surface area contributed by atoms with E-state index >= 15 is 0 Å². The molecule has 2 unspecified atom stereocenters. The third-order valence-electron chi connectivity index (χ3n) is 3.07. The highest BCUT2D eigenvalue weighted by molar-refractivity contribution is 6.36. The van der Waals surface area contributed by atoms with Gasteiger partial charge in [-0.2, -0.15) is 0 Å². The van der Waals surface area contributed by atoms with E-state index < -0.39 is 11.4 Å². The molecule has 0 spiro atoms. The van der Waals surface area contributed by atoms with E-state index in [0.717, 1.165) is 5.56 Å². The number of carboxylic acid groups (broad SMARTS) is 1. The Balaban J connectivity index is 2.44. The van der Waals surface area contributed by atoms with Gasteiger partial charge in [0.2, 0.25) is 0 Å². The zero-order valence-electron chi connectivity index (χ0n) is 8.13. The van der Waals surface area contributed by atoms with Gasteiger partial charge in [-0.15, -0.1) is 0 Å². The minimum absolute atomic E-state index is 0.366. The summed E-state index contributed by atoms with van der Waals surface area (Å²) in [5.74, 6) is -1.15. The van der Waals surface area contributed by atoms with Gasteiger partial charge in [0.1, 0.15) is 0 Å². The van der Waals surface area contributed by atoms with E-state index in [1.54, 1.807) is 18.2 Å². The number of carbonyl (C=O) groups is 1. The Labute approximate surface area is 97.8 Å². The lowest BCUT2D eigenvalue weighted by Crippen LogP contribution is -2.12. The smallest absolute Gasteiger partial charge is 0.307 e. The van der Waals surface area contributed by atoms with Gasteiger partial charge in [0.25, 0.3) is 0 Å². The van der Waals surface area contributed by atoms with Crippen LogP contribution in [0.3, 0.4) is 0 Å². The van der Waals surface area contributed by atoms with Crippen LogP contribution in [0.2, 0.25) is 10.0 Å². The zero-order valence-corrected chi connectivity index (χ0v) is 9.64. The highest BCUT2D eigenvalue weighted by atomic mass is 35.5. The molecule has 15 heavy (non-hydrogen) atoms. The van der Waals surface area contributed by atoms with E-state index in [4.69, 9.17) is 28.3 Å². The summed E-state index contributed by atoms with van der Waals surface area (Å²) < 4.78 is 0. The predicted octanol–water partition coefficient (Wildman–Crippen LogP) is 3.36. The molecule has 4 heteroatoms. The van der Waals surface area contributed by atoms with Crippen LogP contribution in [0.25, 0.3) is 0 Å². The Hall–Kier alpha value is -0.730. The molecule has 1 saturated carbocycles. The Morgan fingerprint density at radius 3 is 2.40 bits per heavy atom. The van der Waals surface area contributed by atoms with Crippen molar-refractivity contribution in [3.63, 3.8) is 0 Å². The van der Waals surface area contributed by atoms with Crippen molar-refractivity contribution in [3.05, 3.63) is 33.8 Å². The monoisotopic (exact) mass is 244 g/mol. The van der Waals surface area contributed by atoms with Crippen molar-refractivity contribution in [1.82, 2.24) is 0 Å². The Bertz CT molecular complexity index is 410. The Morgan fingerprint density at radius 1 is 1.47 bits per heavy atom. The van der Waals surface area contributed by atoms with Crippen molar-refractivity contribution < 1.29 is 9.90 Å². The molecule has 0 saturated heterocycles. The molecule has 0 aromatic heterocycles. The van der Waals surface area contributed by atoms with Gasteiger partial charge in [-0.25, -0.2) is 0 Å². The van der Waals surface area contributed by atoms with Gasteiger partial charge in [0.05, 0.1) is 5.92 Å². The molecule has 1 fully saturated rings. The fourth-order valence-corrected chi connectivity index (χ4v) is 2.87. The summed E-state index contributed by atoms with van der Waals surface area (Å²) in [6, 6.07) is 5.24. The summed E-state index contributed by atoms with van der Waals surface area (Å²) in [5, 5.41) is 10.0. The van der Waals surface area contributed by atoms with Crippen LogP contribution in [0, 0.1) is 5.92 Å². The van der Waals surface area contributed by atoms with Gasteiger partial charge < -0.3 is 5.11 Å². The number of halogens is 2. The number of hydrogen-bond acceptors (Lipinski definition) is 1. The van der Waals surface area contributed by atoms with Crippen LogP contribution in [-0.4, -0.2) is 11.1 Å². The van der Waals surface area contributed by atoms with Crippen LogP contribution in [0.1, 0.15) is 18.9 Å². The molecule has 0 radical (unpaired) electrons. The first-order chi connectivity index (χ1) is 6.97. The molecule has 2 nitrogen and oxygen atoms in total. The number of aliphatic carboxylic acids is 1. The van der Waals surface area contributed by atoms with Crippen molar-refractivity contribution in [2.45, 2.75) is 18.8 Å². The van der Waals surface area contributed by atoms with Crippen LogP contribution < -0.4 is 0 Å². The van der Waals surface area contributed by atoms with Crippen LogP contribution in [-0.2, 0) is 10.2 Å². The molecular weight excluding hydrogens is 235 g/mol. The number of rotatable bonds is 2. The van der Waals surface area contributed by atoms with Gasteiger partial charge in [-0.3, -0.25) is 4.79 Å². The Morgan fingerprint density at radius 2 is 2.00 bits per heavy atom. The average Bonchev–Trinajstić information content (AvgIpc) is 2.78. The lowest BCUT2D eigenvalue weighted by Gasteiger charge is -2.14. The van der Waals surface area contributed by atoms with Gasteiger partial charge >= 0.3 is 5.97 Å². The van der Waals surface area contributed by atoms with Gasteiger partial charge in [-0.1, -0.05) is 36.2 Å². The fraction of sp³-hybridized carbons (Fsp3) is 0.364. The molecule has 2 atom stereocenters. The van der Waals surface area contributed by atoms with Crippen molar-refractivity contribution in [1.29, 1.82) is 0 Å². The predicted molar refractivity (Wildman–Crippen MR) is 59.6 cm³/mol. The van der Waals surface area contributed by atoms with E-state index in [0.29, 0.717) is 16.5 Å². The second kappa shape index (κ2) is 3.39. The summed E-state index contributed by atoms with van der Waals surface area (Å²) >= 11 is 12.1. The molecule has 0 amide bonds. The first kappa shape index (κ1) is 10.8. The van der Waals surface area contributed by atoms with Crippen molar-refractivity contribution in [2.75, 3.05) is 0 Å².